The number of carbonyl (C=O) groups excluding carboxylic acids is 1. The number of aromatic nitrogens is 1. The molecule has 0 bridgehead atoms. The van der Waals surface area contributed by atoms with Crippen LogP contribution < -0.4 is 0 Å². The molecule has 88 valence electrons. The zero-order chi connectivity index (χ0) is 11.4. The molecule has 2 rings (SSSR count). The molecule has 16 heavy (non-hydrogen) atoms. The third-order valence-corrected chi connectivity index (χ3v) is 4.46. The van der Waals surface area contributed by atoms with Crippen LogP contribution in [0.3, 0.4) is 0 Å². The Balaban J connectivity index is 1.73. The Kier molecular flexibility index (Phi) is 4.10. The fraction of sp³-hybridized carbons (Fsp3) is 0.615. The lowest BCUT2D eigenvalue weighted by Crippen LogP contribution is -2.09. The van der Waals surface area contributed by atoms with Crippen molar-refractivity contribution in [3.05, 3.63) is 24.0 Å². The van der Waals surface area contributed by atoms with Crippen molar-refractivity contribution in [2.45, 2.75) is 25.7 Å². The van der Waals surface area contributed by atoms with Crippen molar-refractivity contribution in [3.63, 3.8) is 0 Å². The zero-order valence-electron chi connectivity index (χ0n) is 9.82. The summed E-state index contributed by atoms with van der Waals surface area (Å²) >= 11 is 1.80. The molecule has 0 aliphatic heterocycles. The van der Waals surface area contributed by atoms with Crippen molar-refractivity contribution in [2.24, 2.45) is 13.0 Å². The van der Waals surface area contributed by atoms with E-state index in [0.29, 0.717) is 5.75 Å². The molecule has 0 atom stereocenters. The minimum atomic E-state index is 0.260. The van der Waals surface area contributed by atoms with Crippen molar-refractivity contribution < 1.29 is 4.79 Å². The molecule has 0 N–H and O–H groups in total. The van der Waals surface area contributed by atoms with Gasteiger partial charge in [-0.15, -0.1) is 0 Å². The van der Waals surface area contributed by atoms with Gasteiger partial charge in [0, 0.05) is 13.2 Å². The number of thioether (sulfide) groups is 1. The van der Waals surface area contributed by atoms with Gasteiger partial charge < -0.3 is 4.57 Å². The van der Waals surface area contributed by atoms with Crippen LogP contribution in [0.1, 0.15) is 36.2 Å². The molecule has 0 saturated heterocycles. The van der Waals surface area contributed by atoms with Gasteiger partial charge in [0.2, 0.25) is 0 Å². The second kappa shape index (κ2) is 5.58. The van der Waals surface area contributed by atoms with E-state index >= 15 is 0 Å². The normalized spacial score (nSPS) is 16.8. The predicted molar refractivity (Wildman–Crippen MR) is 69.0 cm³/mol. The number of aryl methyl sites for hydroxylation is 1. The van der Waals surface area contributed by atoms with Crippen molar-refractivity contribution in [3.8, 4) is 0 Å². The van der Waals surface area contributed by atoms with E-state index in [4.69, 9.17) is 0 Å². The molecule has 1 heterocycles. The minimum absolute atomic E-state index is 0.260. The Morgan fingerprint density at radius 2 is 2.25 bits per heavy atom. The number of rotatable bonds is 5. The second-order valence-corrected chi connectivity index (χ2v) is 5.62. The maximum atomic E-state index is 11.9. The van der Waals surface area contributed by atoms with E-state index in [0.717, 1.165) is 17.4 Å². The Morgan fingerprint density at radius 3 is 2.88 bits per heavy atom. The highest BCUT2D eigenvalue weighted by atomic mass is 32.2. The molecule has 0 radical (unpaired) electrons. The van der Waals surface area contributed by atoms with Crippen LogP contribution in [-0.4, -0.2) is 21.9 Å². The topological polar surface area (TPSA) is 22.0 Å². The Hall–Kier alpha value is -0.700. The van der Waals surface area contributed by atoms with Crippen LogP contribution >= 0.6 is 11.8 Å². The van der Waals surface area contributed by atoms with E-state index in [1.807, 2.05) is 29.9 Å². The molecular weight excluding hydrogens is 218 g/mol. The van der Waals surface area contributed by atoms with Gasteiger partial charge in [-0.05, 0) is 36.6 Å². The van der Waals surface area contributed by atoms with Crippen LogP contribution in [0.25, 0.3) is 0 Å². The second-order valence-electron chi connectivity index (χ2n) is 4.59. The molecule has 1 saturated carbocycles. The third-order valence-electron chi connectivity index (χ3n) is 3.29. The summed E-state index contributed by atoms with van der Waals surface area (Å²) in [5.41, 5.74) is 0.832. The minimum Gasteiger partial charge on any atom is -0.348 e. The predicted octanol–water partition coefficient (Wildman–Crippen LogP) is 3.13. The van der Waals surface area contributed by atoms with Gasteiger partial charge in [0.05, 0.1) is 11.4 Å². The largest absolute Gasteiger partial charge is 0.348 e. The first kappa shape index (κ1) is 11.8. The molecule has 0 amide bonds. The summed E-state index contributed by atoms with van der Waals surface area (Å²) in [6, 6.07) is 3.83. The lowest BCUT2D eigenvalue weighted by Gasteiger charge is -2.07. The average Bonchev–Trinajstić information content (AvgIpc) is 2.88. The van der Waals surface area contributed by atoms with Gasteiger partial charge in [0.1, 0.15) is 0 Å². The first-order valence-electron chi connectivity index (χ1n) is 5.99. The van der Waals surface area contributed by atoms with Gasteiger partial charge in [-0.2, -0.15) is 11.8 Å². The molecule has 0 spiro atoms. The Morgan fingerprint density at radius 1 is 1.50 bits per heavy atom. The van der Waals surface area contributed by atoms with E-state index in [-0.39, 0.29) is 5.78 Å². The lowest BCUT2D eigenvalue weighted by atomic mass is 10.1. The SMILES string of the molecule is Cn1cccc1C(=O)CSCC1CCCC1. The monoisotopic (exact) mass is 237 g/mol. The first-order valence-corrected chi connectivity index (χ1v) is 7.15. The highest BCUT2D eigenvalue weighted by Gasteiger charge is 2.16. The number of nitrogens with zero attached hydrogens (tertiary/aromatic N) is 1. The summed E-state index contributed by atoms with van der Waals surface area (Å²) in [5, 5.41) is 0. The highest BCUT2D eigenvalue weighted by Crippen LogP contribution is 2.27. The van der Waals surface area contributed by atoms with E-state index in [1.165, 1.54) is 25.7 Å². The lowest BCUT2D eigenvalue weighted by molar-refractivity contribution is 0.101. The molecule has 1 aromatic rings. The summed E-state index contributed by atoms with van der Waals surface area (Å²) in [4.78, 5) is 11.9. The first-order chi connectivity index (χ1) is 7.77. The Bertz CT molecular complexity index is 353. The van der Waals surface area contributed by atoms with E-state index in [1.54, 1.807) is 11.8 Å². The van der Waals surface area contributed by atoms with Gasteiger partial charge in [-0.3, -0.25) is 4.79 Å². The van der Waals surface area contributed by atoms with Gasteiger partial charge >= 0.3 is 0 Å². The molecule has 1 aromatic heterocycles. The summed E-state index contributed by atoms with van der Waals surface area (Å²) < 4.78 is 1.90. The van der Waals surface area contributed by atoms with Gasteiger partial charge in [0.15, 0.2) is 5.78 Å². The summed E-state index contributed by atoms with van der Waals surface area (Å²) in [6.45, 7) is 0. The van der Waals surface area contributed by atoms with Crippen LogP contribution in [0.4, 0.5) is 0 Å². The molecule has 0 unspecified atom stereocenters. The number of ketones is 1. The molecule has 1 aliphatic carbocycles. The number of Topliss-reactive ketones (excluding diaryl/α,β-unsaturated/α-hetero) is 1. The fourth-order valence-electron chi connectivity index (χ4n) is 2.32. The molecule has 3 heteroatoms. The maximum absolute atomic E-state index is 11.9. The van der Waals surface area contributed by atoms with Crippen LogP contribution in [0.15, 0.2) is 18.3 Å². The van der Waals surface area contributed by atoms with E-state index in [9.17, 15) is 4.79 Å². The summed E-state index contributed by atoms with van der Waals surface area (Å²) in [7, 11) is 1.93. The molecular formula is C13H19NOS. The standard InChI is InChI=1S/C13H19NOS/c1-14-8-4-7-12(14)13(15)10-16-9-11-5-2-3-6-11/h4,7-8,11H,2-3,5-6,9-10H2,1H3. The molecule has 2 nitrogen and oxygen atoms in total. The van der Waals surface area contributed by atoms with Gasteiger partial charge in [-0.25, -0.2) is 0 Å². The maximum Gasteiger partial charge on any atom is 0.189 e. The van der Waals surface area contributed by atoms with Crippen molar-refractivity contribution in [1.29, 1.82) is 0 Å². The van der Waals surface area contributed by atoms with Crippen molar-refractivity contribution in [2.75, 3.05) is 11.5 Å². The van der Waals surface area contributed by atoms with Crippen LogP contribution in [0, 0.1) is 5.92 Å². The number of carbonyl (C=O) groups is 1. The third kappa shape index (κ3) is 2.91. The quantitative estimate of drug-likeness (QED) is 0.734. The Labute approximate surface area is 101 Å². The fourth-order valence-corrected chi connectivity index (χ4v) is 3.44. The van der Waals surface area contributed by atoms with Gasteiger partial charge in [0.25, 0.3) is 0 Å². The molecule has 1 aliphatic rings. The van der Waals surface area contributed by atoms with E-state index < -0.39 is 0 Å². The molecule has 1 fully saturated rings. The van der Waals surface area contributed by atoms with Crippen molar-refractivity contribution >= 4 is 17.5 Å². The van der Waals surface area contributed by atoms with Crippen molar-refractivity contribution in [1.82, 2.24) is 4.57 Å². The summed E-state index contributed by atoms with van der Waals surface area (Å²) in [6.07, 6.45) is 7.43. The van der Waals surface area contributed by atoms with E-state index in [2.05, 4.69) is 0 Å². The van der Waals surface area contributed by atoms with Gasteiger partial charge in [-0.1, -0.05) is 12.8 Å². The molecule has 0 aromatic carbocycles. The summed E-state index contributed by atoms with van der Waals surface area (Å²) in [5.74, 6) is 2.92. The van der Waals surface area contributed by atoms with Crippen LogP contribution in [-0.2, 0) is 7.05 Å². The average molecular weight is 237 g/mol. The zero-order valence-corrected chi connectivity index (χ0v) is 10.6. The van der Waals surface area contributed by atoms with Crippen LogP contribution in [0.5, 0.6) is 0 Å². The smallest absolute Gasteiger partial charge is 0.189 e. The number of hydrogen-bond donors (Lipinski definition) is 0. The van der Waals surface area contributed by atoms with Crippen LogP contribution in [0.2, 0.25) is 0 Å². The highest BCUT2D eigenvalue weighted by molar-refractivity contribution is 7.99. The number of hydrogen-bond acceptors (Lipinski definition) is 2.